The summed E-state index contributed by atoms with van der Waals surface area (Å²) < 4.78 is 69.7. The molecule has 1 aromatic heterocycles. The summed E-state index contributed by atoms with van der Waals surface area (Å²) in [6, 6.07) is 7.35. The fourth-order valence-electron chi connectivity index (χ4n) is 9.91. The lowest BCUT2D eigenvalue weighted by molar-refractivity contribution is -0.220. The SMILES string of the molecule is CCCCCC(=O)NCC(=O)NCC(=O)N[C@@H](Cc1ccccc1)C(=O)NCC(=O)NCO[C@H](C(=O)N[C@H]1CCc2c(C)c(F)cc3nc4c(c1c23)CC1CCC(=O)C2=C(C=C41)[C@@](O)(CC)C(=O)OC2)C(F)(F)F. The maximum Gasteiger partial charge on any atom is 0.423 e. The molecule has 1 aliphatic heterocycles. The van der Waals surface area contributed by atoms with Crippen LogP contribution in [0.25, 0.3) is 16.5 Å². The third-order valence-corrected chi connectivity index (χ3v) is 13.9. The summed E-state index contributed by atoms with van der Waals surface area (Å²) in [6.07, 6.45) is -3.56. The Balaban J connectivity index is 1.02. The van der Waals surface area contributed by atoms with Gasteiger partial charge >= 0.3 is 12.1 Å². The molecule has 18 nitrogen and oxygen atoms in total. The smallest absolute Gasteiger partial charge is 0.423 e. The number of carbonyl (C=O) groups excluding carboxylic acids is 8. The van der Waals surface area contributed by atoms with Crippen LogP contribution in [0.3, 0.4) is 0 Å². The number of ketones is 1. The van der Waals surface area contributed by atoms with Gasteiger partial charge in [0.2, 0.25) is 35.6 Å². The van der Waals surface area contributed by atoms with Gasteiger partial charge in [0.15, 0.2) is 11.4 Å². The van der Waals surface area contributed by atoms with Crippen molar-refractivity contribution in [3.63, 3.8) is 0 Å². The third kappa shape index (κ3) is 12.3. The number of ether oxygens (including phenoxy) is 2. The largest absolute Gasteiger partial charge is 0.458 e. The highest BCUT2D eigenvalue weighted by Gasteiger charge is 2.49. The summed E-state index contributed by atoms with van der Waals surface area (Å²) in [5.41, 5.74) is 1.55. The topological polar surface area (TPSA) is 260 Å². The van der Waals surface area contributed by atoms with Gasteiger partial charge in [-0.2, -0.15) is 13.2 Å². The highest BCUT2D eigenvalue weighted by molar-refractivity contribution is 6.03. The Bertz CT molecular complexity index is 2800. The van der Waals surface area contributed by atoms with E-state index in [-0.39, 0.29) is 86.5 Å². The molecule has 0 spiro atoms. The van der Waals surface area contributed by atoms with Crippen LogP contribution in [0.15, 0.2) is 53.6 Å². The van der Waals surface area contributed by atoms with E-state index < -0.39 is 97.0 Å². The van der Waals surface area contributed by atoms with Crippen molar-refractivity contribution < 1.29 is 70.5 Å². The van der Waals surface area contributed by atoms with Crippen LogP contribution in [0.4, 0.5) is 17.6 Å². The Labute approximate surface area is 423 Å². The molecule has 0 saturated heterocycles. The van der Waals surface area contributed by atoms with Crippen LogP contribution in [0.5, 0.6) is 0 Å². The normalized spacial score (nSPS) is 19.8. The number of carbonyl (C=O) groups is 8. The minimum Gasteiger partial charge on any atom is -0.458 e. The first-order valence-corrected chi connectivity index (χ1v) is 24.7. The van der Waals surface area contributed by atoms with Crippen LogP contribution in [0, 0.1) is 18.7 Å². The molecule has 0 saturated carbocycles. The predicted molar refractivity (Wildman–Crippen MR) is 257 cm³/mol. The van der Waals surface area contributed by atoms with Crippen molar-refractivity contribution in [2.24, 2.45) is 5.92 Å². The second-order valence-corrected chi connectivity index (χ2v) is 18.8. The summed E-state index contributed by atoms with van der Waals surface area (Å²) in [5, 5.41) is 26.3. The van der Waals surface area contributed by atoms with Crippen LogP contribution in [0.1, 0.15) is 105 Å². The van der Waals surface area contributed by atoms with Crippen molar-refractivity contribution in [1.29, 1.82) is 0 Å². The Kier molecular flexibility index (Phi) is 17.3. The molecular weight excluding hydrogens is 975 g/mol. The van der Waals surface area contributed by atoms with Gasteiger partial charge in [-0.25, -0.2) is 14.2 Å². The molecule has 2 aromatic carbocycles. The van der Waals surface area contributed by atoms with Gasteiger partial charge in [0.25, 0.3) is 5.91 Å². The number of amides is 6. The van der Waals surface area contributed by atoms with E-state index in [0.29, 0.717) is 57.3 Å². The third-order valence-electron chi connectivity index (χ3n) is 13.9. The lowest BCUT2D eigenvalue weighted by Gasteiger charge is -2.34. The first-order valence-electron chi connectivity index (χ1n) is 24.7. The molecule has 7 N–H and O–H groups in total. The molecule has 74 heavy (non-hydrogen) atoms. The number of nitrogens with one attached hydrogen (secondary N) is 6. The Morgan fingerprint density at radius 1 is 0.892 bits per heavy atom. The number of fused-ring (bicyclic) bond motifs is 4. The van der Waals surface area contributed by atoms with Gasteiger partial charge in [-0.05, 0) is 90.8 Å². The first-order chi connectivity index (χ1) is 35.2. The van der Waals surface area contributed by atoms with Crippen LogP contribution in [0.2, 0.25) is 0 Å². The summed E-state index contributed by atoms with van der Waals surface area (Å²) in [4.78, 5) is 108. The number of pyridine rings is 1. The molecule has 2 heterocycles. The molecule has 22 heteroatoms. The van der Waals surface area contributed by atoms with Crippen molar-refractivity contribution in [2.45, 2.75) is 121 Å². The maximum atomic E-state index is 15.5. The van der Waals surface area contributed by atoms with Gasteiger partial charge in [0.05, 0.1) is 36.9 Å². The molecule has 7 rings (SSSR count). The Morgan fingerprint density at radius 2 is 1.59 bits per heavy atom. The number of Topliss-reactive ketones (excluding diaryl/α,β-unsaturated/α-hetero) is 1. The van der Waals surface area contributed by atoms with Gasteiger partial charge in [-0.1, -0.05) is 57.0 Å². The molecule has 4 aliphatic rings. The van der Waals surface area contributed by atoms with E-state index in [2.05, 4.69) is 31.9 Å². The molecule has 5 atom stereocenters. The molecule has 3 aliphatic carbocycles. The standard InChI is InChI=1S/C52H59F4N7O11/c1-4-6-8-13-40(65)57-22-41(66)58-24-43(68)61-38(18-28-11-9-7-10-12-28)48(69)59-23-42(67)60-26-74-47(52(54,55)56)49(70)63-36-16-15-30-27(3)35(53)21-37-44(30)45(36)32-19-29-14-17-39(64)33-25-73-50(71)51(72,5-2)34(33)20-31(29)46(32)62-37/h7,9-12,20-21,29,36,38,47,72H,4-6,8,13-19,22-26H2,1-3H3,(H,57,65)(H,58,66)(H,59,69)(H,60,67)(H,61,68)(H,63,70)/t29?,36-,38-,47+,51-/m0/s1. The molecule has 6 amide bonds. The van der Waals surface area contributed by atoms with E-state index in [0.717, 1.165) is 12.8 Å². The Hall–Kier alpha value is -7.07. The first kappa shape index (κ1) is 54.7. The molecule has 0 bridgehead atoms. The average molecular weight is 1030 g/mol. The quantitative estimate of drug-likeness (QED) is 0.0372. The number of esters is 1. The second kappa shape index (κ2) is 23.4. The number of unbranched alkanes of at least 4 members (excludes halogenated alkanes) is 2. The number of nitrogens with zero attached hydrogens (tertiary/aromatic N) is 1. The van der Waals surface area contributed by atoms with E-state index >= 15 is 4.39 Å². The summed E-state index contributed by atoms with van der Waals surface area (Å²) in [7, 11) is 0. The van der Waals surface area contributed by atoms with Gasteiger partial charge < -0.3 is 46.5 Å². The number of alkyl halides is 3. The zero-order valence-corrected chi connectivity index (χ0v) is 41.2. The minimum absolute atomic E-state index is 0.0205. The number of rotatable bonds is 20. The van der Waals surface area contributed by atoms with Gasteiger partial charge in [0.1, 0.15) is 25.2 Å². The van der Waals surface area contributed by atoms with Crippen LogP contribution in [-0.4, -0.2) is 114 Å². The van der Waals surface area contributed by atoms with Crippen LogP contribution in [-0.2, 0) is 67.1 Å². The number of cyclic esters (lactones) is 1. The monoisotopic (exact) mass is 1030 g/mol. The van der Waals surface area contributed by atoms with E-state index in [1.807, 2.05) is 6.92 Å². The number of allylic oxidation sites excluding steroid dienone is 1. The molecular formula is C52H59F4N7O11. The Morgan fingerprint density at radius 3 is 2.31 bits per heavy atom. The highest BCUT2D eigenvalue weighted by Crippen LogP contribution is 2.50. The van der Waals surface area contributed by atoms with E-state index in [1.54, 1.807) is 50.3 Å². The zero-order valence-electron chi connectivity index (χ0n) is 41.2. The lowest BCUT2D eigenvalue weighted by atomic mass is 9.79. The summed E-state index contributed by atoms with van der Waals surface area (Å²) in [6.45, 7) is 1.95. The van der Waals surface area contributed by atoms with Gasteiger partial charge in [-0.3, -0.25) is 33.6 Å². The van der Waals surface area contributed by atoms with E-state index in [1.165, 1.54) is 6.07 Å². The number of benzene rings is 2. The second-order valence-electron chi connectivity index (χ2n) is 18.8. The lowest BCUT2D eigenvalue weighted by Crippen LogP contribution is -2.52. The predicted octanol–water partition coefficient (Wildman–Crippen LogP) is 3.38. The van der Waals surface area contributed by atoms with E-state index in [4.69, 9.17) is 14.5 Å². The number of aliphatic hydroxyl groups is 1. The van der Waals surface area contributed by atoms with Crippen LogP contribution >= 0.6 is 0 Å². The zero-order chi connectivity index (χ0) is 53.5. The molecule has 3 aromatic rings. The van der Waals surface area contributed by atoms with Crippen molar-refractivity contribution >= 4 is 63.7 Å². The van der Waals surface area contributed by atoms with Gasteiger partial charge in [-0.15, -0.1) is 0 Å². The van der Waals surface area contributed by atoms with Crippen molar-refractivity contribution in [3.05, 3.63) is 92.9 Å². The van der Waals surface area contributed by atoms with Crippen molar-refractivity contribution in [3.8, 4) is 0 Å². The number of aryl methyl sites for hydroxylation is 1. The highest BCUT2D eigenvalue weighted by atomic mass is 19.4. The number of halogens is 4. The molecule has 0 radical (unpaired) electrons. The molecule has 396 valence electrons. The average Bonchev–Trinajstić information content (AvgIpc) is 3.70. The minimum atomic E-state index is -5.29. The summed E-state index contributed by atoms with van der Waals surface area (Å²) >= 11 is 0. The fourth-order valence-corrected chi connectivity index (χ4v) is 9.91. The number of hydrogen-bond donors (Lipinski definition) is 7. The van der Waals surface area contributed by atoms with Crippen molar-refractivity contribution in [1.82, 2.24) is 36.9 Å². The molecule has 1 unspecified atom stereocenters. The number of hydrogen-bond acceptors (Lipinski definition) is 12. The number of aromatic nitrogens is 1. The van der Waals surface area contributed by atoms with E-state index in [9.17, 15) is 56.6 Å². The summed E-state index contributed by atoms with van der Waals surface area (Å²) in [5.74, 6) is -7.41. The van der Waals surface area contributed by atoms with Crippen molar-refractivity contribution in [2.75, 3.05) is 33.0 Å². The van der Waals surface area contributed by atoms with Gasteiger partial charge in [0, 0.05) is 41.9 Å². The molecule has 0 fully saturated rings. The maximum absolute atomic E-state index is 15.5. The van der Waals surface area contributed by atoms with Crippen LogP contribution < -0.4 is 31.9 Å². The fraction of sp³-hybridized carbons (Fsp3) is 0.481.